The smallest absolute Gasteiger partial charge is 0.315 e. The van der Waals surface area contributed by atoms with Gasteiger partial charge in [-0.2, -0.15) is 0 Å². The highest BCUT2D eigenvalue weighted by Crippen LogP contribution is 2.30. The molecule has 118 valence electrons. The van der Waals surface area contributed by atoms with Gasteiger partial charge in [0.15, 0.2) is 11.5 Å². The standard InChI is InChI=1S/C16H26N2O3/c1-11-7-13(20-5)14(21-6)8-12(11)9-17-15(19)18-10-16(2,3)4/h7-8H,9-10H2,1-6H3,(H2,17,18,19). The summed E-state index contributed by atoms with van der Waals surface area (Å²) in [5.41, 5.74) is 2.11. The molecule has 0 fully saturated rings. The van der Waals surface area contributed by atoms with Crippen molar-refractivity contribution in [2.45, 2.75) is 34.2 Å². The fourth-order valence-corrected chi connectivity index (χ4v) is 1.80. The third-order valence-electron chi connectivity index (χ3n) is 3.06. The van der Waals surface area contributed by atoms with Crippen molar-refractivity contribution < 1.29 is 14.3 Å². The molecular formula is C16H26N2O3. The van der Waals surface area contributed by atoms with E-state index in [4.69, 9.17) is 9.47 Å². The maximum Gasteiger partial charge on any atom is 0.315 e. The van der Waals surface area contributed by atoms with Crippen molar-refractivity contribution >= 4 is 6.03 Å². The molecule has 5 nitrogen and oxygen atoms in total. The van der Waals surface area contributed by atoms with Crippen LogP contribution in [0.2, 0.25) is 0 Å². The quantitative estimate of drug-likeness (QED) is 0.878. The fourth-order valence-electron chi connectivity index (χ4n) is 1.80. The number of urea groups is 1. The zero-order valence-corrected chi connectivity index (χ0v) is 13.8. The zero-order valence-electron chi connectivity index (χ0n) is 13.8. The number of carbonyl (C=O) groups excluding carboxylic acids is 1. The van der Waals surface area contributed by atoms with Crippen LogP contribution in [-0.4, -0.2) is 26.8 Å². The van der Waals surface area contributed by atoms with Crippen LogP contribution in [0.1, 0.15) is 31.9 Å². The lowest BCUT2D eigenvalue weighted by Crippen LogP contribution is -2.39. The van der Waals surface area contributed by atoms with Crippen LogP contribution in [0.3, 0.4) is 0 Å². The van der Waals surface area contributed by atoms with E-state index >= 15 is 0 Å². The molecule has 0 bridgehead atoms. The Morgan fingerprint density at radius 2 is 1.67 bits per heavy atom. The first-order chi connectivity index (χ1) is 9.76. The predicted molar refractivity (Wildman–Crippen MR) is 84.0 cm³/mol. The van der Waals surface area contributed by atoms with Gasteiger partial charge in [0.05, 0.1) is 14.2 Å². The maximum absolute atomic E-state index is 11.8. The summed E-state index contributed by atoms with van der Waals surface area (Å²) in [6.45, 7) is 9.28. The number of nitrogens with one attached hydrogen (secondary N) is 2. The Hall–Kier alpha value is -1.91. The second kappa shape index (κ2) is 7.20. The van der Waals surface area contributed by atoms with Gasteiger partial charge in [-0.15, -0.1) is 0 Å². The summed E-state index contributed by atoms with van der Waals surface area (Å²) < 4.78 is 10.5. The number of hydrogen-bond acceptors (Lipinski definition) is 3. The topological polar surface area (TPSA) is 59.6 Å². The van der Waals surface area contributed by atoms with Crippen molar-refractivity contribution in [1.29, 1.82) is 0 Å². The van der Waals surface area contributed by atoms with E-state index in [-0.39, 0.29) is 11.4 Å². The van der Waals surface area contributed by atoms with Crippen molar-refractivity contribution in [2.24, 2.45) is 5.41 Å². The lowest BCUT2D eigenvalue weighted by Gasteiger charge is -2.19. The molecule has 0 aliphatic rings. The van der Waals surface area contributed by atoms with E-state index in [0.717, 1.165) is 11.1 Å². The minimum Gasteiger partial charge on any atom is -0.493 e. The number of methoxy groups -OCH3 is 2. The van der Waals surface area contributed by atoms with Gasteiger partial charge >= 0.3 is 6.03 Å². The second-order valence-electron chi connectivity index (χ2n) is 6.23. The molecule has 0 saturated carbocycles. The SMILES string of the molecule is COc1cc(C)c(CNC(=O)NCC(C)(C)C)cc1OC. The number of benzene rings is 1. The number of hydrogen-bond donors (Lipinski definition) is 2. The summed E-state index contributed by atoms with van der Waals surface area (Å²) in [5, 5.41) is 5.71. The van der Waals surface area contributed by atoms with E-state index in [1.54, 1.807) is 14.2 Å². The number of aryl methyl sites for hydroxylation is 1. The van der Waals surface area contributed by atoms with Crippen LogP contribution < -0.4 is 20.1 Å². The summed E-state index contributed by atoms with van der Waals surface area (Å²) in [6, 6.07) is 3.63. The molecule has 1 aromatic rings. The summed E-state index contributed by atoms with van der Waals surface area (Å²) in [5.74, 6) is 1.35. The molecule has 2 amide bonds. The van der Waals surface area contributed by atoms with Crippen molar-refractivity contribution in [1.82, 2.24) is 10.6 Å². The molecule has 1 rings (SSSR count). The first kappa shape index (κ1) is 17.1. The number of amides is 2. The normalized spacial score (nSPS) is 11.0. The Bertz CT molecular complexity index is 493. The maximum atomic E-state index is 11.8. The van der Waals surface area contributed by atoms with Gasteiger partial charge in [0.2, 0.25) is 0 Å². The van der Waals surface area contributed by atoms with Crippen LogP contribution in [0.25, 0.3) is 0 Å². The zero-order chi connectivity index (χ0) is 16.0. The highest BCUT2D eigenvalue weighted by Gasteiger charge is 2.13. The van der Waals surface area contributed by atoms with Crippen molar-refractivity contribution in [3.63, 3.8) is 0 Å². The second-order valence-corrected chi connectivity index (χ2v) is 6.23. The van der Waals surface area contributed by atoms with E-state index in [1.165, 1.54) is 0 Å². The molecule has 0 radical (unpaired) electrons. The van der Waals surface area contributed by atoms with E-state index < -0.39 is 0 Å². The van der Waals surface area contributed by atoms with Crippen molar-refractivity contribution in [2.75, 3.05) is 20.8 Å². The molecule has 0 aliphatic carbocycles. The van der Waals surface area contributed by atoms with Crippen LogP contribution in [0.5, 0.6) is 11.5 Å². The average molecular weight is 294 g/mol. The van der Waals surface area contributed by atoms with Crippen molar-refractivity contribution in [3.05, 3.63) is 23.3 Å². The summed E-state index contributed by atoms with van der Waals surface area (Å²) in [6.07, 6.45) is 0. The van der Waals surface area contributed by atoms with Gasteiger partial charge in [-0.05, 0) is 35.6 Å². The largest absolute Gasteiger partial charge is 0.493 e. The van der Waals surface area contributed by atoms with Gasteiger partial charge < -0.3 is 20.1 Å². The van der Waals surface area contributed by atoms with Crippen LogP contribution in [0.15, 0.2) is 12.1 Å². The highest BCUT2D eigenvalue weighted by molar-refractivity contribution is 5.73. The molecule has 0 saturated heterocycles. The average Bonchev–Trinajstić information content (AvgIpc) is 2.42. The van der Waals surface area contributed by atoms with Crippen LogP contribution in [0, 0.1) is 12.3 Å². The van der Waals surface area contributed by atoms with Gasteiger partial charge in [-0.1, -0.05) is 20.8 Å². The number of ether oxygens (including phenoxy) is 2. The first-order valence-corrected chi connectivity index (χ1v) is 7.00. The minimum absolute atomic E-state index is 0.0661. The number of carbonyl (C=O) groups is 1. The summed E-state index contributed by atoms with van der Waals surface area (Å²) in [7, 11) is 3.20. The van der Waals surface area contributed by atoms with E-state index in [1.807, 2.05) is 19.1 Å². The lowest BCUT2D eigenvalue weighted by atomic mass is 9.97. The Labute approximate surface area is 127 Å². The van der Waals surface area contributed by atoms with E-state index in [9.17, 15) is 4.79 Å². The fraction of sp³-hybridized carbons (Fsp3) is 0.562. The van der Waals surface area contributed by atoms with Gasteiger partial charge in [0.25, 0.3) is 0 Å². The molecule has 0 atom stereocenters. The molecule has 0 heterocycles. The first-order valence-electron chi connectivity index (χ1n) is 7.00. The molecule has 0 unspecified atom stereocenters. The molecule has 0 aliphatic heterocycles. The predicted octanol–water partition coefficient (Wildman–Crippen LogP) is 2.86. The minimum atomic E-state index is -0.167. The molecule has 0 spiro atoms. The van der Waals surface area contributed by atoms with E-state index in [0.29, 0.717) is 24.6 Å². The molecule has 21 heavy (non-hydrogen) atoms. The van der Waals surface area contributed by atoms with E-state index in [2.05, 4.69) is 31.4 Å². The van der Waals surface area contributed by atoms with Crippen LogP contribution >= 0.6 is 0 Å². The highest BCUT2D eigenvalue weighted by atomic mass is 16.5. The lowest BCUT2D eigenvalue weighted by molar-refractivity contribution is 0.235. The molecular weight excluding hydrogens is 268 g/mol. The Balaban J connectivity index is 2.65. The third-order valence-corrected chi connectivity index (χ3v) is 3.06. The Kier molecular flexibility index (Phi) is 5.88. The number of rotatable bonds is 5. The molecule has 1 aromatic carbocycles. The third kappa shape index (κ3) is 5.53. The van der Waals surface area contributed by atoms with Crippen molar-refractivity contribution in [3.8, 4) is 11.5 Å². The Morgan fingerprint density at radius 1 is 1.10 bits per heavy atom. The van der Waals surface area contributed by atoms with Gasteiger partial charge in [0.1, 0.15) is 0 Å². The van der Waals surface area contributed by atoms with Gasteiger partial charge in [-0.25, -0.2) is 4.79 Å². The monoisotopic (exact) mass is 294 g/mol. The van der Waals surface area contributed by atoms with Crippen LogP contribution in [-0.2, 0) is 6.54 Å². The molecule has 5 heteroatoms. The molecule has 2 N–H and O–H groups in total. The summed E-state index contributed by atoms with van der Waals surface area (Å²) >= 11 is 0. The summed E-state index contributed by atoms with van der Waals surface area (Å²) in [4.78, 5) is 11.8. The van der Waals surface area contributed by atoms with Gasteiger partial charge in [-0.3, -0.25) is 0 Å². The Morgan fingerprint density at radius 3 is 2.19 bits per heavy atom. The molecule has 0 aromatic heterocycles. The van der Waals surface area contributed by atoms with Crippen LogP contribution in [0.4, 0.5) is 4.79 Å². The van der Waals surface area contributed by atoms with Gasteiger partial charge in [0, 0.05) is 13.1 Å².